The summed E-state index contributed by atoms with van der Waals surface area (Å²) in [4.78, 5) is 0. The molecule has 0 aromatic heterocycles. The van der Waals surface area contributed by atoms with Crippen LogP contribution in [0.15, 0.2) is 40.9 Å². The maximum Gasteiger partial charge on any atom is 0.129 e. The van der Waals surface area contributed by atoms with E-state index < -0.39 is 11.6 Å². The molecule has 0 fully saturated rings. The molecule has 2 rings (SSSR count). The highest BCUT2D eigenvalue weighted by atomic mass is 79.9. The van der Waals surface area contributed by atoms with Crippen LogP contribution in [0.4, 0.5) is 8.78 Å². The van der Waals surface area contributed by atoms with Gasteiger partial charge >= 0.3 is 0 Å². The van der Waals surface area contributed by atoms with Crippen LogP contribution in [0, 0.1) is 11.6 Å². The second-order valence-electron chi connectivity index (χ2n) is 4.13. The van der Waals surface area contributed by atoms with Crippen LogP contribution >= 0.6 is 15.9 Å². The van der Waals surface area contributed by atoms with Gasteiger partial charge in [-0.1, -0.05) is 6.07 Å². The number of rotatable bonds is 4. The van der Waals surface area contributed by atoms with Crippen LogP contribution in [-0.2, 0) is 13.1 Å². The lowest BCUT2D eigenvalue weighted by Crippen LogP contribution is -2.13. The molecule has 0 unspecified atom stereocenters. The third-order valence-corrected chi connectivity index (χ3v) is 3.30. The largest absolute Gasteiger partial charge is 0.507 e. The third-order valence-electron chi connectivity index (χ3n) is 2.66. The van der Waals surface area contributed by atoms with Crippen molar-refractivity contribution in [1.82, 2.24) is 5.32 Å². The van der Waals surface area contributed by atoms with Crippen molar-refractivity contribution < 1.29 is 13.9 Å². The van der Waals surface area contributed by atoms with Crippen LogP contribution in [0.5, 0.6) is 5.75 Å². The van der Waals surface area contributed by atoms with Gasteiger partial charge in [-0.3, -0.25) is 0 Å². The fraction of sp³-hybridized carbons (Fsp3) is 0.143. The van der Waals surface area contributed by atoms with Crippen molar-refractivity contribution in [3.63, 3.8) is 0 Å². The van der Waals surface area contributed by atoms with Crippen molar-refractivity contribution in [2.24, 2.45) is 0 Å². The van der Waals surface area contributed by atoms with E-state index in [0.717, 1.165) is 17.7 Å². The SMILES string of the molecule is Oc1ccc(CNCc2cc(F)ccc2F)cc1Br. The highest BCUT2D eigenvalue weighted by Crippen LogP contribution is 2.24. The Labute approximate surface area is 118 Å². The Morgan fingerprint density at radius 1 is 1.05 bits per heavy atom. The van der Waals surface area contributed by atoms with Crippen LogP contribution in [0.2, 0.25) is 0 Å². The highest BCUT2D eigenvalue weighted by Gasteiger charge is 2.04. The Morgan fingerprint density at radius 3 is 2.58 bits per heavy atom. The van der Waals surface area contributed by atoms with Crippen LogP contribution in [0.1, 0.15) is 11.1 Å². The van der Waals surface area contributed by atoms with E-state index in [9.17, 15) is 13.9 Å². The number of phenols is 1. The molecule has 0 saturated carbocycles. The van der Waals surface area contributed by atoms with Crippen LogP contribution in [-0.4, -0.2) is 5.11 Å². The normalized spacial score (nSPS) is 10.7. The molecule has 0 atom stereocenters. The number of aromatic hydroxyl groups is 1. The average Bonchev–Trinajstić information content (AvgIpc) is 2.38. The minimum atomic E-state index is -0.453. The number of halogens is 3. The Bertz CT molecular complexity index is 590. The van der Waals surface area contributed by atoms with Gasteiger partial charge in [0.1, 0.15) is 17.4 Å². The van der Waals surface area contributed by atoms with E-state index in [0.29, 0.717) is 11.0 Å². The molecule has 0 amide bonds. The fourth-order valence-corrected chi connectivity index (χ4v) is 2.11. The molecular formula is C14H12BrF2NO. The van der Waals surface area contributed by atoms with E-state index in [2.05, 4.69) is 21.2 Å². The summed E-state index contributed by atoms with van der Waals surface area (Å²) in [6, 6.07) is 8.48. The molecule has 2 aromatic carbocycles. The van der Waals surface area contributed by atoms with Crippen molar-refractivity contribution in [2.45, 2.75) is 13.1 Å². The summed E-state index contributed by atoms with van der Waals surface area (Å²) in [5, 5.41) is 12.4. The first-order valence-corrected chi connectivity index (χ1v) is 6.47. The van der Waals surface area contributed by atoms with Crippen molar-refractivity contribution in [3.05, 3.63) is 63.6 Å². The molecule has 0 spiro atoms. The zero-order chi connectivity index (χ0) is 13.8. The molecule has 100 valence electrons. The topological polar surface area (TPSA) is 32.3 Å². The van der Waals surface area contributed by atoms with Gasteiger partial charge in [-0.25, -0.2) is 8.78 Å². The minimum absolute atomic E-state index is 0.167. The first-order chi connectivity index (χ1) is 9.06. The first kappa shape index (κ1) is 14.0. The number of benzene rings is 2. The molecule has 2 N–H and O–H groups in total. The van der Waals surface area contributed by atoms with Gasteiger partial charge < -0.3 is 10.4 Å². The van der Waals surface area contributed by atoms with Gasteiger partial charge in [0, 0.05) is 18.7 Å². The Kier molecular flexibility index (Phi) is 4.50. The molecule has 0 aliphatic rings. The molecule has 5 heteroatoms. The molecule has 0 aliphatic heterocycles. The predicted molar refractivity (Wildman–Crippen MR) is 72.7 cm³/mol. The summed E-state index contributed by atoms with van der Waals surface area (Å²) in [6.07, 6.45) is 0. The van der Waals surface area contributed by atoms with Crippen LogP contribution in [0.3, 0.4) is 0 Å². The zero-order valence-corrected chi connectivity index (χ0v) is 11.5. The zero-order valence-electron chi connectivity index (χ0n) is 9.96. The van der Waals surface area contributed by atoms with Crippen molar-refractivity contribution in [1.29, 1.82) is 0 Å². The highest BCUT2D eigenvalue weighted by molar-refractivity contribution is 9.10. The van der Waals surface area contributed by atoms with E-state index in [-0.39, 0.29) is 17.9 Å². The Hall–Kier alpha value is -1.46. The minimum Gasteiger partial charge on any atom is -0.507 e. The smallest absolute Gasteiger partial charge is 0.129 e. The maximum atomic E-state index is 13.4. The molecule has 0 heterocycles. The lowest BCUT2D eigenvalue weighted by Gasteiger charge is -2.07. The second kappa shape index (κ2) is 6.12. The molecule has 0 saturated heterocycles. The molecule has 0 radical (unpaired) electrons. The van der Waals surface area contributed by atoms with Gasteiger partial charge in [0.2, 0.25) is 0 Å². The molecule has 19 heavy (non-hydrogen) atoms. The quantitative estimate of drug-likeness (QED) is 0.896. The number of hydrogen-bond acceptors (Lipinski definition) is 2. The summed E-state index contributed by atoms with van der Waals surface area (Å²) in [6.45, 7) is 0.733. The van der Waals surface area contributed by atoms with Gasteiger partial charge in [0.25, 0.3) is 0 Å². The van der Waals surface area contributed by atoms with Gasteiger partial charge in [-0.15, -0.1) is 0 Å². The van der Waals surface area contributed by atoms with Gasteiger partial charge in [-0.2, -0.15) is 0 Å². The summed E-state index contributed by atoms with van der Waals surface area (Å²) in [5.74, 6) is -0.716. The third kappa shape index (κ3) is 3.75. The lowest BCUT2D eigenvalue weighted by molar-refractivity contribution is 0.471. The van der Waals surface area contributed by atoms with Crippen molar-refractivity contribution >= 4 is 15.9 Å². The molecule has 2 nitrogen and oxygen atoms in total. The van der Waals surface area contributed by atoms with Gasteiger partial charge in [0.15, 0.2) is 0 Å². The lowest BCUT2D eigenvalue weighted by atomic mass is 10.2. The number of hydrogen-bond donors (Lipinski definition) is 2. The van der Waals surface area contributed by atoms with Crippen molar-refractivity contribution in [2.75, 3.05) is 0 Å². The average molecular weight is 328 g/mol. The van der Waals surface area contributed by atoms with E-state index in [1.54, 1.807) is 18.2 Å². The second-order valence-corrected chi connectivity index (χ2v) is 4.98. The standard InChI is InChI=1S/C14H12BrF2NO/c15-12-5-9(1-4-14(12)19)7-18-8-10-6-11(16)2-3-13(10)17/h1-6,18-19H,7-8H2. The molecule has 0 aliphatic carbocycles. The summed E-state index contributed by atoms with van der Waals surface area (Å²) >= 11 is 3.22. The van der Waals surface area contributed by atoms with E-state index in [1.807, 2.05) is 0 Å². The summed E-state index contributed by atoms with van der Waals surface area (Å²) in [7, 11) is 0. The van der Waals surface area contributed by atoms with E-state index >= 15 is 0 Å². The Morgan fingerprint density at radius 2 is 1.84 bits per heavy atom. The van der Waals surface area contributed by atoms with E-state index in [4.69, 9.17) is 0 Å². The van der Waals surface area contributed by atoms with Crippen LogP contribution in [0.25, 0.3) is 0 Å². The first-order valence-electron chi connectivity index (χ1n) is 5.68. The monoisotopic (exact) mass is 327 g/mol. The maximum absolute atomic E-state index is 13.4. The van der Waals surface area contributed by atoms with Crippen molar-refractivity contribution in [3.8, 4) is 5.75 Å². The summed E-state index contributed by atoms with van der Waals surface area (Å²) < 4.78 is 26.9. The van der Waals surface area contributed by atoms with Gasteiger partial charge in [-0.05, 0) is 51.8 Å². The molecule has 0 bridgehead atoms. The number of nitrogens with one attached hydrogen (secondary N) is 1. The number of phenolic OH excluding ortho intramolecular Hbond substituents is 1. The fourth-order valence-electron chi connectivity index (χ4n) is 1.68. The Balaban J connectivity index is 1.96. The van der Waals surface area contributed by atoms with E-state index in [1.165, 1.54) is 6.07 Å². The van der Waals surface area contributed by atoms with Crippen LogP contribution < -0.4 is 5.32 Å². The summed E-state index contributed by atoms with van der Waals surface area (Å²) in [5.41, 5.74) is 1.22. The molecular weight excluding hydrogens is 316 g/mol. The van der Waals surface area contributed by atoms with Gasteiger partial charge in [0.05, 0.1) is 4.47 Å². The molecule has 2 aromatic rings. The predicted octanol–water partition coefficient (Wildman–Crippen LogP) is 3.72.